The molecular formula is C23H31N2O3S+. The van der Waals surface area contributed by atoms with Crippen molar-refractivity contribution in [2.24, 2.45) is 5.92 Å². The molecule has 2 atom stereocenters. The predicted octanol–water partition coefficient (Wildman–Crippen LogP) is 2.71. The van der Waals surface area contributed by atoms with Crippen molar-refractivity contribution in [2.45, 2.75) is 31.3 Å². The Morgan fingerprint density at radius 2 is 1.79 bits per heavy atom. The predicted molar refractivity (Wildman–Crippen MR) is 117 cm³/mol. The van der Waals surface area contributed by atoms with Gasteiger partial charge in [0.15, 0.2) is 18.0 Å². The molecule has 0 aromatic heterocycles. The maximum absolute atomic E-state index is 12.7. The molecule has 1 aliphatic rings. The third-order valence-corrected chi connectivity index (χ3v) is 5.78. The summed E-state index contributed by atoms with van der Waals surface area (Å²) in [5.41, 5.74) is 2.28. The molecule has 5 nitrogen and oxygen atoms in total. The molecule has 0 saturated heterocycles. The van der Waals surface area contributed by atoms with Crippen LogP contribution >= 0.6 is 11.8 Å². The number of nitrogens with one attached hydrogen (secondary N) is 2. The summed E-state index contributed by atoms with van der Waals surface area (Å²) < 4.78 is 11.3. The zero-order chi connectivity index (χ0) is 20.8. The lowest BCUT2D eigenvalue weighted by Gasteiger charge is -2.26. The first-order chi connectivity index (χ1) is 14.0. The standard InChI is InChI=1S/C23H30N2O3S/c1-16(2)23(18-7-10-20-21(13-18)28-12-11-27-20)24-22(26)15-25(3)14-17-5-8-19(29-4)9-6-17/h5-10,13,16,23H,11-12,14-15H2,1-4H3,(H,24,26)/p+1/t23-/m1/s1. The number of thioether (sulfide) groups is 1. The second-order valence-corrected chi connectivity index (χ2v) is 8.73. The number of benzene rings is 2. The number of likely N-dealkylation sites (N-methyl/N-ethyl adjacent to an activating group) is 1. The highest BCUT2D eigenvalue weighted by Gasteiger charge is 2.22. The lowest BCUT2D eigenvalue weighted by molar-refractivity contribution is -0.885. The molecule has 1 aliphatic heterocycles. The highest BCUT2D eigenvalue weighted by Crippen LogP contribution is 2.34. The molecule has 0 bridgehead atoms. The maximum Gasteiger partial charge on any atom is 0.275 e. The molecule has 29 heavy (non-hydrogen) atoms. The van der Waals surface area contributed by atoms with Crippen LogP contribution < -0.4 is 19.7 Å². The van der Waals surface area contributed by atoms with Crippen molar-refractivity contribution in [1.82, 2.24) is 5.32 Å². The summed E-state index contributed by atoms with van der Waals surface area (Å²) in [5.74, 6) is 1.84. The van der Waals surface area contributed by atoms with Crippen molar-refractivity contribution >= 4 is 17.7 Å². The Kier molecular flexibility index (Phi) is 7.45. The van der Waals surface area contributed by atoms with E-state index in [1.807, 2.05) is 18.2 Å². The zero-order valence-electron chi connectivity index (χ0n) is 17.7. The van der Waals surface area contributed by atoms with Crippen LogP contribution in [0.1, 0.15) is 31.0 Å². The van der Waals surface area contributed by atoms with Crippen LogP contribution in [0.2, 0.25) is 0 Å². The minimum atomic E-state index is -0.0630. The van der Waals surface area contributed by atoms with Crippen LogP contribution in [-0.2, 0) is 11.3 Å². The Balaban J connectivity index is 1.60. The first-order valence-corrected chi connectivity index (χ1v) is 11.3. The second kappa shape index (κ2) is 10.0. The number of quaternary nitrogens is 1. The van der Waals surface area contributed by atoms with Gasteiger partial charge >= 0.3 is 0 Å². The van der Waals surface area contributed by atoms with Gasteiger partial charge in [-0.2, -0.15) is 0 Å². The fourth-order valence-electron chi connectivity index (χ4n) is 3.54. The molecule has 156 valence electrons. The summed E-state index contributed by atoms with van der Waals surface area (Å²) in [7, 11) is 2.05. The Labute approximate surface area is 177 Å². The molecule has 1 amide bonds. The number of fused-ring (bicyclic) bond motifs is 1. The number of hydrogen-bond acceptors (Lipinski definition) is 4. The Morgan fingerprint density at radius 3 is 2.45 bits per heavy atom. The van der Waals surface area contributed by atoms with E-state index in [9.17, 15) is 4.79 Å². The van der Waals surface area contributed by atoms with E-state index in [2.05, 4.69) is 56.7 Å². The second-order valence-electron chi connectivity index (χ2n) is 7.85. The van der Waals surface area contributed by atoms with Gasteiger partial charge < -0.3 is 19.7 Å². The van der Waals surface area contributed by atoms with Gasteiger partial charge in [-0.25, -0.2) is 0 Å². The smallest absolute Gasteiger partial charge is 0.275 e. The normalized spacial score (nSPS) is 15.1. The number of hydrogen-bond donors (Lipinski definition) is 2. The largest absolute Gasteiger partial charge is 0.486 e. The molecule has 0 aliphatic carbocycles. The monoisotopic (exact) mass is 415 g/mol. The molecule has 1 heterocycles. The van der Waals surface area contributed by atoms with Crippen molar-refractivity contribution < 1.29 is 19.2 Å². The number of amides is 1. The summed E-state index contributed by atoms with van der Waals surface area (Å²) in [6.07, 6.45) is 2.07. The van der Waals surface area contributed by atoms with Gasteiger partial charge in [-0.15, -0.1) is 11.8 Å². The lowest BCUT2D eigenvalue weighted by Crippen LogP contribution is -3.08. The first kappa shape index (κ1) is 21.5. The molecule has 0 radical (unpaired) electrons. The van der Waals surface area contributed by atoms with Crippen LogP contribution in [0, 0.1) is 5.92 Å². The lowest BCUT2D eigenvalue weighted by atomic mass is 9.95. The van der Waals surface area contributed by atoms with E-state index in [1.54, 1.807) is 11.8 Å². The average Bonchev–Trinajstić information content (AvgIpc) is 2.72. The summed E-state index contributed by atoms with van der Waals surface area (Å²) >= 11 is 1.74. The number of carbonyl (C=O) groups excluding carboxylic acids is 1. The highest BCUT2D eigenvalue weighted by atomic mass is 32.2. The molecule has 2 N–H and O–H groups in total. The Hall–Kier alpha value is -2.18. The molecule has 1 unspecified atom stereocenters. The van der Waals surface area contributed by atoms with Gasteiger partial charge in [-0.05, 0) is 42.0 Å². The van der Waals surface area contributed by atoms with E-state index < -0.39 is 0 Å². The molecule has 0 spiro atoms. The van der Waals surface area contributed by atoms with Crippen LogP contribution in [0.15, 0.2) is 47.4 Å². The average molecular weight is 416 g/mol. The van der Waals surface area contributed by atoms with Crippen molar-refractivity contribution in [2.75, 3.05) is 33.1 Å². The third-order valence-electron chi connectivity index (χ3n) is 5.04. The van der Waals surface area contributed by atoms with Gasteiger partial charge in [0.05, 0.1) is 13.1 Å². The third kappa shape index (κ3) is 5.90. The SMILES string of the molecule is CSc1ccc(C[NH+](C)CC(=O)N[C@@H](c2ccc3c(c2)OCCO3)C(C)C)cc1. The number of rotatable bonds is 8. The van der Waals surface area contributed by atoms with Gasteiger partial charge in [0.25, 0.3) is 5.91 Å². The molecule has 0 fully saturated rings. The van der Waals surface area contributed by atoms with Crippen molar-refractivity contribution in [3.05, 3.63) is 53.6 Å². The number of ether oxygens (including phenoxy) is 2. The summed E-state index contributed by atoms with van der Waals surface area (Å²) in [5, 5.41) is 3.22. The maximum atomic E-state index is 12.7. The first-order valence-electron chi connectivity index (χ1n) is 10.1. The molecule has 3 rings (SSSR count). The highest BCUT2D eigenvalue weighted by molar-refractivity contribution is 7.98. The minimum absolute atomic E-state index is 0.0526. The molecule has 2 aromatic carbocycles. The Morgan fingerprint density at radius 1 is 1.10 bits per heavy atom. The summed E-state index contributed by atoms with van der Waals surface area (Å²) in [6.45, 7) is 6.61. The van der Waals surface area contributed by atoms with Gasteiger partial charge in [-0.1, -0.05) is 32.0 Å². The van der Waals surface area contributed by atoms with E-state index in [0.29, 0.717) is 19.8 Å². The van der Waals surface area contributed by atoms with Crippen LogP contribution in [-0.4, -0.2) is 39.0 Å². The van der Waals surface area contributed by atoms with E-state index >= 15 is 0 Å². The topological polar surface area (TPSA) is 52.0 Å². The van der Waals surface area contributed by atoms with Crippen LogP contribution in [0.3, 0.4) is 0 Å². The van der Waals surface area contributed by atoms with Crippen LogP contribution in [0.5, 0.6) is 11.5 Å². The summed E-state index contributed by atoms with van der Waals surface area (Å²) in [4.78, 5) is 15.1. The fourth-order valence-corrected chi connectivity index (χ4v) is 3.95. The molecule has 6 heteroatoms. The van der Waals surface area contributed by atoms with Crippen molar-refractivity contribution in [3.8, 4) is 11.5 Å². The minimum Gasteiger partial charge on any atom is -0.486 e. The van der Waals surface area contributed by atoms with Crippen LogP contribution in [0.4, 0.5) is 0 Å². The molecule has 0 saturated carbocycles. The molecular weight excluding hydrogens is 384 g/mol. The van der Waals surface area contributed by atoms with Crippen LogP contribution in [0.25, 0.3) is 0 Å². The van der Waals surface area contributed by atoms with Gasteiger partial charge in [0, 0.05) is 10.5 Å². The Bertz CT molecular complexity index is 823. The summed E-state index contributed by atoms with van der Waals surface area (Å²) in [6, 6.07) is 14.4. The van der Waals surface area contributed by atoms with Gasteiger partial charge in [-0.3, -0.25) is 4.79 Å². The van der Waals surface area contributed by atoms with Crippen molar-refractivity contribution in [1.29, 1.82) is 0 Å². The van der Waals surface area contributed by atoms with Gasteiger partial charge in [0.1, 0.15) is 19.8 Å². The van der Waals surface area contributed by atoms with Crippen molar-refractivity contribution in [3.63, 3.8) is 0 Å². The van der Waals surface area contributed by atoms with E-state index in [0.717, 1.165) is 28.5 Å². The number of carbonyl (C=O) groups is 1. The molecule has 2 aromatic rings. The van der Waals surface area contributed by atoms with E-state index in [4.69, 9.17) is 9.47 Å². The van der Waals surface area contributed by atoms with E-state index in [1.165, 1.54) is 10.5 Å². The zero-order valence-corrected chi connectivity index (χ0v) is 18.5. The quantitative estimate of drug-likeness (QED) is 0.651. The fraction of sp³-hybridized carbons (Fsp3) is 0.435. The van der Waals surface area contributed by atoms with Gasteiger partial charge in [0.2, 0.25) is 0 Å². The van der Waals surface area contributed by atoms with E-state index in [-0.39, 0.29) is 17.9 Å².